The highest BCUT2D eigenvalue weighted by Crippen LogP contribution is 2.26. The molecule has 0 saturated carbocycles. The van der Waals surface area contributed by atoms with Gasteiger partial charge in [0.15, 0.2) is 5.75 Å². The highest BCUT2D eigenvalue weighted by molar-refractivity contribution is 7.92. The van der Waals surface area contributed by atoms with Gasteiger partial charge in [0.2, 0.25) is 0 Å². The lowest BCUT2D eigenvalue weighted by molar-refractivity contribution is -0.139. The van der Waals surface area contributed by atoms with E-state index in [2.05, 4.69) is 10.6 Å². The van der Waals surface area contributed by atoms with E-state index in [1.54, 1.807) is 81.4 Å². The number of nitrogens with zero attached hydrogens (tertiary/aromatic N) is 1. The number of anilines is 1. The van der Waals surface area contributed by atoms with Crippen LogP contribution in [-0.2, 0) is 19.6 Å². The maximum absolute atomic E-state index is 13.6. The number of nitrogens with one attached hydrogen (secondary N) is 2. The summed E-state index contributed by atoms with van der Waals surface area (Å²) in [6, 6.07) is 20.7. The van der Waals surface area contributed by atoms with Gasteiger partial charge in [-0.1, -0.05) is 40.9 Å². The minimum atomic E-state index is -4.22. The largest absolute Gasteiger partial charge is 0.480 e. The Hall–Kier alpha value is -4.58. The number of hydrogen-bond acceptors (Lipinski definition) is 7. The molecule has 0 radical (unpaired) electrons. The van der Waals surface area contributed by atoms with Crippen LogP contribution < -0.4 is 19.9 Å². The third-order valence-electron chi connectivity index (χ3n) is 5.72. The molecule has 12 heteroatoms. The van der Waals surface area contributed by atoms with Crippen molar-refractivity contribution in [2.24, 2.45) is 0 Å². The van der Waals surface area contributed by atoms with Crippen LogP contribution in [-0.4, -0.2) is 49.7 Å². The van der Waals surface area contributed by atoms with Crippen LogP contribution in [0.4, 0.5) is 10.5 Å². The quantitative estimate of drug-likeness (QED) is 0.189. The first kappa shape index (κ1) is 31.9. The summed E-state index contributed by atoms with van der Waals surface area (Å²) in [7, 11) is -4.22. The molecule has 224 valence electrons. The summed E-state index contributed by atoms with van der Waals surface area (Å²) < 4.78 is 33.1. The highest BCUT2D eigenvalue weighted by atomic mass is 32.2. The number of carbonyl (C=O) groups is 3. The topological polar surface area (TPSA) is 151 Å². The summed E-state index contributed by atoms with van der Waals surface area (Å²) in [5, 5.41) is 14.6. The summed E-state index contributed by atoms with van der Waals surface area (Å²) >= 11 is 0. The maximum atomic E-state index is 13.6. The summed E-state index contributed by atoms with van der Waals surface area (Å²) in [5.41, 5.74) is -0.265. The van der Waals surface area contributed by atoms with Crippen LogP contribution in [0.1, 0.15) is 50.4 Å². The molecule has 1 atom stereocenters. The number of ether oxygens (including phenoxy) is 1. The van der Waals surface area contributed by atoms with E-state index in [4.69, 9.17) is 9.57 Å². The van der Waals surface area contributed by atoms with Crippen LogP contribution in [0.3, 0.4) is 0 Å². The number of carbonyl (C=O) groups excluding carboxylic acids is 2. The molecule has 42 heavy (non-hydrogen) atoms. The SMILES string of the molecule is CC(C)(C)OC(=O)NCCCCC(NC(=O)c1ccc(S(=O)(=O)N(Oc2ccccc2)c2ccccc2)cc1)C(=O)O. The number of para-hydroxylation sites is 2. The van der Waals surface area contributed by atoms with E-state index >= 15 is 0 Å². The van der Waals surface area contributed by atoms with Gasteiger partial charge in [-0.15, -0.1) is 0 Å². The third-order valence-corrected chi connectivity index (χ3v) is 7.31. The van der Waals surface area contributed by atoms with E-state index in [1.165, 1.54) is 24.3 Å². The molecule has 0 aliphatic carbocycles. The van der Waals surface area contributed by atoms with Gasteiger partial charge in [-0.25, -0.2) is 9.59 Å². The number of hydrogen-bond donors (Lipinski definition) is 3. The Morgan fingerprint density at radius 3 is 2.05 bits per heavy atom. The van der Waals surface area contributed by atoms with Crippen molar-refractivity contribution in [3.8, 4) is 5.75 Å². The van der Waals surface area contributed by atoms with Crippen molar-refractivity contribution in [2.45, 2.75) is 56.6 Å². The van der Waals surface area contributed by atoms with Crippen molar-refractivity contribution in [3.05, 3.63) is 90.5 Å². The molecule has 0 aliphatic heterocycles. The fourth-order valence-corrected chi connectivity index (χ4v) is 4.97. The molecule has 3 aromatic carbocycles. The summed E-state index contributed by atoms with van der Waals surface area (Å²) in [6.07, 6.45) is 0.469. The zero-order chi connectivity index (χ0) is 30.8. The van der Waals surface area contributed by atoms with Crippen LogP contribution in [0.2, 0.25) is 0 Å². The Morgan fingerprint density at radius 1 is 0.881 bits per heavy atom. The monoisotopic (exact) mass is 597 g/mol. The van der Waals surface area contributed by atoms with Crippen molar-refractivity contribution >= 4 is 33.7 Å². The number of aliphatic carboxylic acids is 1. The molecule has 1 unspecified atom stereocenters. The zero-order valence-corrected chi connectivity index (χ0v) is 24.5. The fourth-order valence-electron chi connectivity index (χ4n) is 3.72. The molecule has 11 nitrogen and oxygen atoms in total. The van der Waals surface area contributed by atoms with E-state index in [-0.39, 0.29) is 22.6 Å². The fraction of sp³-hybridized carbons (Fsp3) is 0.300. The van der Waals surface area contributed by atoms with E-state index in [9.17, 15) is 27.9 Å². The normalized spacial score (nSPS) is 12.1. The number of sulfonamides is 1. The molecular formula is C30H35N3O8S. The zero-order valence-electron chi connectivity index (χ0n) is 23.6. The standard InChI is InChI=1S/C30H35N3O8S/c1-30(2,3)40-29(37)31-21-11-10-16-26(28(35)36)32-27(34)22-17-19-25(20-18-22)42(38,39)33(23-12-6-4-7-13-23)41-24-14-8-5-9-15-24/h4-9,12-15,17-20,26H,10-11,16,21H2,1-3H3,(H,31,37)(H,32,34)(H,35,36). The number of carboxylic acids is 1. The average molecular weight is 598 g/mol. The molecule has 0 aromatic heterocycles. The Balaban J connectivity index is 1.64. The van der Waals surface area contributed by atoms with E-state index < -0.39 is 39.6 Å². The highest BCUT2D eigenvalue weighted by Gasteiger charge is 2.28. The lowest BCUT2D eigenvalue weighted by Crippen LogP contribution is -2.41. The molecule has 3 N–H and O–H groups in total. The summed E-state index contributed by atoms with van der Waals surface area (Å²) in [4.78, 5) is 41.8. The van der Waals surface area contributed by atoms with Crippen molar-refractivity contribution in [1.82, 2.24) is 10.6 Å². The minimum Gasteiger partial charge on any atom is -0.480 e. The van der Waals surface area contributed by atoms with Crippen LogP contribution in [0.5, 0.6) is 5.75 Å². The van der Waals surface area contributed by atoms with Gasteiger partial charge in [0.25, 0.3) is 15.9 Å². The number of benzene rings is 3. The molecule has 0 fully saturated rings. The van der Waals surface area contributed by atoms with Gasteiger partial charge in [0.1, 0.15) is 11.6 Å². The molecule has 0 spiro atoms. The average Bonchev–Trinajstić information content (AvgIpc) is 2.95. The van der Waals surface area contributed by atoms with Gasteiger partial charge < -0.3 is 25.3 Å². The first-order valence-electron chi connectivity index (χ1n) is 13.3. The predicted octanol–water partition coefficient (Wildman–Crippen LogP) is 4.75. The minimum absolute atomic E-state index is 0.0852. The van der Waals surface area contributed by atoms with Crippen LogP contribution in [0, 0.1) is 0 Å². The van der Waals surface area contributed by atoms with Crippen molar-refractivity contribution in [1.29, 1.82) is 0 Å². The predicted molar refractivity (Wildman–Crippen MR) is 157 cm³/mol. The van der Waals surface area contributed by atoms with Crippen molar-refractivity contribution in [2.75, 3.05) is 11.0 Å². The van der Waals surface area contributed by atoms with Crippen LogP contribution in [0.25, 0.3) is 0 Å². The van der Waals surface area contributed by atoms with Crippen molar-refractivity contribution in [3.63, 3.8) is 0 Å². The van der Waals surface area contributed by atoms with Gasteiger partial charge in [0, 0.05) is 12.1 Å². The van der Waals surface area contributed by atoms with Crippen LogP contribution in [0.15, 0.2) is 89.8 Å². The molecule has 0 heterocycles. The lowest BCUT2D eigenvalue weighted by atomic mass is 10.1. The molecule has 3 aromatic rings. The molecule has 3 rings (SSSR count). The Morgan fingerprint density at radius 2 is 1.48 bits per heavy atom. The third kappa shape index (κ3) is 9.51. The first-order chi connectivity index (χ1) is 19.9. The molecule has 0 bridgehead atoms. The smallest absolute Gasteiger partial charge is 0.407 e. The second-order valence-corrected chi connectivity index (χ2v) is 12.0. The van der Waals surface area contributed by atoms with Crippen molar-refractivity contribution < 1.29 is 37.5 Å². The lowest BCUT2D eigenvalue weighted by Gasteiger charge is -2.24. The number of alkyl carbamates (subject to hydrolysis) is 1. The van der Waals surface area contributed by atoms with Gasteiger partial charge in [-0.2, -0.15) is 8.42 Å². The Bertz CT molecular complexity index is 1440. The first-order valence-corrected chi connectivity index (χ1v) is 14.7. The molecule has 0 saturated heterocycles. The van der Waals surface area contributed by atoms with Gasteiger partial charge in [0.05, 0.1) is 10.6 Å². The molecule has 0 aliphatic rings. The van der Waals surface area contributed by atoms with E-state index in [0.717, 1.165) is 4.47 Å². The number of unbranched alkanes of at least 4 members (excludes halogenated alkanes) is 1. The van der Waals surface area contributed by atoms with Gasteiger partial charge >= 0.3 is 12.1 Å². The van der Waals surface area contributed by atoms with Gasteiger partial charge in [-0.05, 0) is 88.6 Å². The Kier molecular flexibility index (Phi) is 10.9. The molecular weight excluding hydrogens is 562 g/mol. The summed E-state index contributed by atoms with van der Waals surface area (Å²) in [5.74, 6) is -1.57. The molecule has 2 amide bonds. The second-order valence-electron chi connectivity index (χ2n) is 10.3. The van der Waals surface area contributed by atoms with Crippen LogP contribution >= 0.6 is 0 Å². The summed E-state index contributed by atoms with van der Waals surface area (Å²) in [6.45, 7) is 5.54. The van der Waals surface area contributed by atoms with Gasteiger partial charge in [-0.3, -0.25) is 4.79 Å². The second kappa shape index (κ2) is 14.4. The number of amides is 2. The maximum Gasteiger partial charge on any atom is 0.407 e. The Labute approximate surface area is 245 Å². The van der Waals surface area contributed by atoms with E-state index in [0.29, 0.717) is 25.1 Å². The van der Waals surface area contributed by atoms with E-state index in [1.807, 2.05) is 0 Å². The number of carboxylic acid groups (broad SMARTS) is 1. The number of rotatable bonds is 13.